The molecular weight excluding hydrogens is 190 g/mol. The molecule has 0 amide bonds. The fraction of sp³-hybridized carbons (Fsp3) is 0.286. The van der Waals surface area contributed by atoms with Crippen LogP contribution in [0.25, 0.3) is 0 Å². The quantitative estimate of drug-likeness (QED) is 0.533. The third kappa shape index (κ3) is 1.76. The number of anilines is 1. The average molecular weight is 197 g/mol. The van der Waals surface area contributed by atoms with Crippen LogP contribution in [0.1, 0.15) is 4.88 Å². The van der Waals surface area contributed by atoms with Crippen molar-refractivity contribution in [2.24, 2.45) is 0 Å². The van der Waals surface area contributed by atoms with Crippen molar-refractivity contribution in [2.75, 3.05) is 19.0 Å². The van der Waals surface area contributed by atoms with E-state index in [0.29, 0.717) is 9.88 Å². The maximum Gasteiger partial charge on any atom is 0.305 e. The van der Waals surface area contributed by atoms with E-state index in [2.05, 4.69) is 0 Å². The third-order valence-corrected chi connectivity index (χ3v) is 2.60. The van der Waals surface area contributed by atoms with Crippen molar-refractivity contribution in [1.82, 2.24) is 0 Å². The largest absolute Gasteiger partial charge is 0.364 e. The number of rotatable bonds is 2. The molecule has 1 rings (SSSR count). The van der Waals surface area contributed by atoms with Crippen LogP contribution in [0.3, 0.4) is 0 Å². The lowest BCUT2D eigenvalue weighted by Gasteiger charge is -2.06. The van der Waals surface area contributed by atoms with Crippen molar-refractivity contribution in [1.29, 1.82) is 5.26 Å². The fourth-order valence-electron chi connectivity index (χ4n) is 0.878. The van der Waals surface area contributed by atoms with Crippen LogP contribution in [0.15, 0.2) is 6.07 Å². The Morgan fingerprint density at radius 2 is 2.31 bits per heavy atom. The molecule has 1 aromatic rings. The predicted molar refractivity (Wildman–Crippen MR) is 50.0 cm³/mol. The zero-order chi connectivity index (χ0) is 10.0. The zero-order valence-corrected chi connectivity index (χ0v) is 7.96. The summed E-state index contributed by atoms with van der Waals surface area (Å²) in [6, 6.07) is 3.18. The van der Waals surface area contributed by atoms with E-state index in [1.807, 2.05) is 6.07 Å². The van der Waals surface area contributed by atoms with Gasteiger partial charge in [0.2, 0.25) is 0 Å². The van der Waals surface area contributed by atoms with Crippen molar-refractivity contribution in [3.05, 3.63) is 21.1 Å². The molecule has 0 aliphatic rings. The van der Waals surface area contributed by atoms with E-state index >= 15 is 0 Å². The van der Waals surface area contributed by atoms with Gasteiger partial charge in [-0.1, -0.05) is 0 Å². The number of nitro groups is 1. The minimum absolute atomic E-state index is 0.00782. The summed E-state index contributed by atoms with van der Waals surface area (Å²) in [4.78, 5) is 12.0. The topological polar surface area (TPSA) is 70.2 Å². The van der Waals surface area contributed by atoms with Crippen molar-refractivity contribution in [3.63, 3.8) is 0 Å². The maximum absolute atomic E-state index is 10.5. The van der Waals surface area contributed by atoms with E-state index in [1.54, 1.807) is 19.0 Å². The number of nitrogens with zero attached hydrogens (tertiary/aromatic N) is 3. The van der Waals surface area contributed by atoms with E-state index in [0.717, 1.165) is 11.3 Å². The molecule has 6 heteroatoms. The molecule has 0 aromatic carbocycles. The summed E-state index contributed by atoms with van der Waals surface area (Å²) >= 11 is 1.12. The second kappa shape index (κ2) is 3.41. The highest BCUT2D eigenvalue weighted by molar-refractivity contribution is 7.17. The van der Waals surface area contributed by atoms with Gasteiger partial charge in [-0.15, -0.1) is 11.3 Å². The van der Waals surface area contributed by atoms with Gasteiger partial charge in [-0.25, -0.2) is 0 Å². The lowest BCUT2D eigenvalue weighted by Crippen LogP contribution is -2.08. The van der Waals surface area contributed by atoms with Gasteiger partial charge < -0.3 is 4.90 Å². The Labute approximate surface area is 79.0 Å². The molecule has 0 saturated heterocycles. The minimum atomic E-state index is -0.479. The van der Waals surface area contributed by atoms with Crippen LogP contribution in [0.2, 0.25) is 0 Å². The van der Waals surface area contributed by atoms with Crippen molar-refractivity contribution < 1.29 is 4.92 Å². The van der Waals surface area contributed by atoms with E-state index in [-0.39, 0.29) is 5.69 Å². The fourth-order valence-corrected chi connectivity index (χ4v) is 1.72. The first-order valence-corrected chi connectivity index (χ1v) is 4.23. The Morgan fingerprint density at radius 1 is 1.69 bits per heavy atom. The van der Waals surface area contributed by atoms with Crippen LogP contribution >= 0.6 is 11.3 Å². The first kappa shape index (κ1) is 9.48. The average Bonchev–Trinajstić information content (AvgIpc) is 2.47. The molecule has 0 saturated carbocycles. The van der Waals surface area contributed by atoms with Gasteiger partial charge in [0.25, 0.3) is 0 Å². The lowest BCUT2D eigenvalue weighted by molar-refractivity contribution is -0.383. The summed E-state index contributed by atoms with van der Waals surface area (Å²) in [7, 11) is 3.42. The van der Waals surface area contributed by atoms with E-state index in [4.69, 9.17) is 5.26 Å². The highest BCUT2D eigenvalue weighted by atomic mass is 32.1. The predicted octanol–water partition coefficient (Wildman–Crippen LogP) is 1.59. The monoisotopic (exact) mass is 197 g/mol. The van der Waals surface area contributed by atoms with Crippen LogP contribution in [-0.4, -0.2) is 19.0 Å². The highest BCUT2D eigenvalue weighted by Crippen LogP contribution is 2.35. The molecular formula is C7H7N3O2S. The smallest absolute Gasteiger partial charge is 0.305 e. The Kier molecular flexibility index (Phi) is 2.49. The second-order valence-corrected chi connectivity index (χ2v) is 3.60. The van der Waals surface area contributed by atoms with Gasteiger partial charge in [0.1, 0.15) is 10.9 Å². The summed E-state index contributed by atoms with van der Waals surface area (Å²) in [6.07, 6.45) is 0. The summed E-state index contributed by atoms with van der Waals surface area (Å²) in [5.41, 5.74) is -0.00782. The molecule has 0 unspecified atom stereocenters. The van der Waals surface area contributed by atoms with Gasteiger partial charge >= 0.3 is 5.69 Å². The molecule has 5 nitrogen and oxygen atoms in total. The normalized spacial score (nSPS) is 9.31. The molecule has 13 heavy (non-hydrogen) atoms. The van der Waals surface area contributed by atoms with Crippen LogP contribution in [0, 0.1) is 21.4 Å². The Bertz CT molecular complexity index is 378. The van der Waals surface area contributed by atoms with Gasteiger partial charge in [0.15, 0.2) is 5.00 Å². The number of hydrogen-bond donors (Lipinski definition) is 0. The van der Waals surface area contributed by atoms with E-state index in [1.165, 1.54) is 6.07 Å². The number of thiophene rings is 1. The standard InChI is InChI=1S/C7H7N3O2S/c1-9(2)7-6(10(11)12)3-5(4-8)13-7/h3H,1-2H3. The van der Waals surface area contributed by atoms with E-state index < -0.39 is 4.92 Å². The Balaban J connectivity index is 3.25. The molecule has 0 spiro atoms. The van der Waals surface area contributed by atoms with Crippen molar-refractivity contribution in [2.45, 2.75) is 0 Å². The van der Waals surface area contributed by atoms with Crippen LogP contribution in [-0.2, 0) is 0 Å². The zero-order valence-electron chi connectivity index (χ0n) is 7.14. The third-order valence-electron chi connectivity index (χ3n) is 1.41. The number of hydrogen-bond acceptors (Lipinski definition) is 5. The van der Waals surface area contributed by atoms with Crippen LogP contribution in [0.4, 0.5) is 10.7 Å². The summed E-state index contributed by atoms with van der Waals surface area (Å²) in [6.45, 7) is 0. The molecule has 0 N–H and O–H groups in total. The van der Waals surface area contributed by atoms with E-state index in [9.17, 15) is 10.1 Å². The molecule has 0 radical (unpaired) electrons. The van der Waals surface area contributed by atoms with Crippen molar-refractivity contribution >= 4 is 22.0 Å². The van der Waals surface area contributed by atoms with Crippen LogP contribution in [0.5, 0.6) is 0 Å². The maximum atomic E-state index is 10.5. The SMILES string of the molecule is CN(C)c1sc(C#N)cc1[N+](=O)[O-]. The van der Waals surface area contributed by atoms with Gasteiger partial charge in [-0.2, -0.15) is 5.26 Å². The first-order valence-electron chi connectivity index (χ1n) is 3.42. The van der Waals surface area contributed by atoms with Gasteiger partial charge in [-0.05, 0) is 0 Å². The molecule has 68 valence electrons. The molecule has 0 aliphatic carbocycles. The van der Waals surface area contributed by atoms with Gasteiger partial charge in [-0.3, -0.25) is 10.1 Å². The van der Waals surface area contributed by atoms with Gasteiger partial charge in [0.05, 0.1) is 4.92 Å². The van der Waals surface area contributed by atoms with Crippen LogP contribution < -0.4 is 4.90 Å². The highest BCUT2D eigenvalue weighted by Gasteiger charge is 2.20. The number of nitriles is 1. The summed E-state index contributed by atoms with van der Waals surface area (Å²) in [5, 5.41) is 19.6. The van der Waals surface area contributed by atoms with Crippen molar-refractivity contribution in [3.8, 4) is 6.07 Å². The molecule has 1 aromatic heterocycles. The Morgan fingerprint density at radius 3 is 2.62 bits per heavy atom. The Hall–Kier alpha value is -1.61. The second-order valence-electron chi connectivity index (χ2n) is 2.56. The molecule has 1 heterocycles. The molecule has 0 fully saturated rings. The minimum Gasteiger partial charge on any atom is -0.364 e. The summed E-state index contributed by atoms with van der Waals surface area (Å²) in [5.74, 6) is 0. The molecule has 0 atom stereocenters. The molecule has 0 bridgehead atoms. The first-order chi connectivity index (χ1) is 6.06. The lowest BCUT2D eigenvalue weighted by atomic mass is 10.4. The molecule has 0 aliphatic heterocycles. The van der Waals surface area contributed by atoms with Gasteiger partial charge in [0, 0.05) is 20.2 Å². The summed E-state index contributed by atoms with van der Waals surface area (Å²) < 4.78 is 0.